The third-order valence-electron chi connectivity index (χ3n) is 10.8. The molecule has 0 amide bonds. The zero-order chi connectivity index (χ0) is 54.0. The van der Waals surface area contributed by atoms with Gasteiger partial charge in [0.05, 0.1) is 25.7 Å². The van der Waals surface area contributed by atoms with Crippen molar-refractivity contribution in [3.8, 4) is 0 Å². The molecule has 8 aromatic rings. The number of rotatable bonds is 10. The summed E-state index contributed by atoms with van der Waals surface area (Å²) in [4.78, 5) is 12.4. The Bertz CT molecular complexity index is 3720. The highest BCUT2D eigenvalue weighted by molar-refractivity contribution is 8.13. The molecule has 9 rings (SSSR count). The van der Waals surface area contributed by atoms with Gasteiger partial charge in [-0.2, -0.15) is 4.31 Å². The van der Waals surface area contributed by atoms with Crippen molar-refractivity contribution < 1.29 is 38.1 Å². The molecule has 16 nitrogen and oxygen atoms in total. The Balaban J connectivity index is 0.000000197. The number of aromatic nitrogens is 3. The first-order valence-electron chi connectivity index (χ1n) is 22.2. The summed E-state index contributed by atoms with van der Waals surface area (Å²) >= 11 is 17.7. The number of fused-ring (bicyclic) bond motifs is 1. The first-order chi connectivity index (χ1) is 34.9. The van der Waals surface area contributed by atoms with Crippen molar-refractivity contribution in [2.24, 2.45) is 0 Å². The van der Waals surface area contributed by atoms with Crippen molar-refractivity contribution in [1.82, 2.24) is 19.3 Å². The number of sulfonamides is 3. The normalized spacial score (nSPS) is 13.3. The SMILES string of the molecule is Cc1cccc(N(C2CCN(S(=O)(=O)c3ccc4nc(C)oc4c3)CC2)S(=O)(=O)c2ccccc2Cl)c1.Cc1cccc(N)n1.Cc1cccc(NS(=O)(=O)c2ccccc2Cl)n1.O=S(=O)(Cl)c1ccccc1Cl. The lowest BCUT2D eigenvalue weighted by Gasteiger charge is -2.38. The number of nitrogen functional groups attached to an aromatic ring is 1. The Hall–Kier alpha value is -5.81. The van der Waals surface area contributed by atoms with Gasteiger partial charge < -0.3 is 10.2 Å². The van der Waals surface area contributed by atoms with Crippen LogP contribution >= 0.6 is 45.5 Å². The van der Waals surface area contributed by atoms with Crippen molar-refractivity contribution >= 4 is 113 Å². The van der Waals surface area contributed by atoms with Crippen molar-refractivity contribution in [3.05, 3.63) is 190 Å². The molecular weight excluding hydrogens is 1110 g/mol. The Labute approximate surface area is 450 Å². The number of anilines is 3. The Morgan fingerprint density at radius 1 is 0.608 bits per heavy atom. The number of nitrogens with one attached hydrogen (secondary N) is 1. The van der Waals surface area contributed by atoms with Gasteiger partial charge in [-0.15, -0.1) is 0 Å². The Morgan fingerprint density at radius 2 is 1.15 bits per heavy atom. The van der Waals surface area contributed by atoms with E-state index in [0.29, 0.717) is 41.3 Å². The van der Waals surface area contributed by atoms with Crippen LogP contribution in [0.5, 0.6) is 0 Å². The van der Waals surface area contributed by atoms with Gasteiger partial charge in [-0.25, -0.2) is 48.6 Å². The van der Waals surface area contributed by atoms with Crippen LogP contribution in [0.1, 0.15) is 35.7 Å². The summed E-state index contributed by atoms with van der Waals surface area (Å²) in [5, 5.41) is 0.457. The minimum atomic E-state index is -4.01. The topological polar surface area (TPSA) is 233 Å². The van der Waals surface area contributed by atoms with Crippen LogP contribution in [0.25, 0.3) is 11.1 Å². The molecule has 24 heteroatoms. The van der Waals surface area contributed by atoms with Gasteiger partial charge in [0, 0.05) is 54.2 Å². The maximum Gasteiger partial charge on any atom is 0.266 e. The number of benzene rings is 5. The first-order valence-corrected chi connectivity index (χ1v) is 30.0. The maximum atomic E-state index is 13.9. The average molecular weight is 1160 g/mol. The van der Waals surface area contributed by atoms with Crippen LogP contribution in [0.15, 0.2) is 176 Å². The lowest BCUT2D eigenvalue weighted by Crippen LogP contribution is -2.49. The van der Waals surface area contributed by atoms with E-state index in [-0.39, 0.29) is 53.6 Å². The first kappa shape index (κ1) is 57.5. The van der Waals surface area contributed by atoms with Crippen LogP contribution in [-0.4, -0.2) is 72.1 Å². The zero-order valence-corrected chi connectivity index (χ0v) is 46.3. The minimum Gasteiger partial charge on any atom is -0.441 e. The summed E-state index contributed by atoms with van der Waals surface area (Å²) in [5.41, 5.74) is 9.47. The summed E-state index contributed by atoms with van der Waals surface area (Å²) in [5.74, 6) is 1.32. The van der Waals surface area contributed by atoms with E-state index in [1.807, 2.05) is 38.1 Å². The molecule has 3 N–H and O–H groups in total. The number of aryl methyl sites for hydroxylation is 4. The van der Waals surface area contributed by atoms with Crippen LogP contribution in [0.3, 0.4) is 0 Å². The molecule has 0 spiro atoms. The molecule has 0 aliphatic carbocycles. The van der Waals surface area contributed by atoms with Gasteiger partial charge in [-0.05, 0) is 124 Å². The highest BCUT2D eigenvalue weighted by atomic mass is 35.7. The summed E-state index contributed by atoms with van der Waals surface area (Å²) in [7, 11) is -10.2. The number of piperidine rings is 1. The summed E-state index contributed by atoms with van der Waals surface area (Å²) in [6.45, 7) is 7.63. The van der Waals surface area contributed by atoms with Gasteiger partial charge in [-0.3, -0.25) is 9.03 Å². The molecule has 0 bridgehead atoms. The molecule has 3 aromatic heterocycles. The van der Waals surface area contributed by atoms with E-state index in [1.54, 1.807) is 98.8 Å². The van der Waals surface area contributed by atoms with Crippen molar-refractivity contribution in [3.63, 3.8) is 0 Å². The molecule has 0 unspecified atom stereocenters. The van der Waals surface area contributed by atoms with Crippen molar-refractivity contribution in [1.29, 1.82) is 0 Å². The van der Waals surface area contributed by atoms with Crippen molar-refractivity contribution in [2.45, 2.75) is 66.2 Å². The van der Waals surface area contributed by atoms with Crippen LogP contribution in [-0.2, 0) is 39.1 Å². The number of hydrogen-bond donors (Lipinski definition) is 2. The second-order valence-corrected chi connectivity index (χ2v) is 25.5. The predicted molar refractivity (Wildman–Crippen MR) is 292 cm³/mol. The maximum absolute atomic E-state index is 13.9. The number of nitrogens with zero attached hydrogens (tertiary/aromatic N) is 5. The Morgan fingerprint density at radius 3 is 1.66 bits per heavy atom. The van der Waals surface area contributed by atoms with Gasteiger partial charge in [0.2, 0.25) is 10.0 Å². The predicted octanol–water partition coefficient (Wildman–Crippen LogP) is 11.2. The van der Waals surface area contributed by atoms with Gasteiger partial charge in [-0.1, -0.05) is 95.5 Å². The van der Waals surface area contributed by atoms with E-state index in [2.05, 4.69) is 19.7 Å². The van der Waals surface area contributed by atoms with Crippen LogP contribution in [0, 0.1) is 27.7 Å². The number of oxazole rings is 1. The third kappa shape index (κ3) is 14.9. The monoisotopic (exact) mass is 1160 g/mol. The molecule has 1 aliphatic rings. The molecule has 0 atom stereocenters. The van der Waals surface area contributed by atoms with E-state index < -0.39 is 45.2 Å². The van der Waals surface area contributed by atoms with Gasteiger partial charge in [0.1, 0.15) is 31.8 Å². The van der Waals surface area contributed by atoms with E-state index >= 15 is 0 Å². The van der Waals surface area contributed by atoms with Crippen LogP contribution in [0.4, 0.5) is 17.3 Å². The van der Waals surface area contributed by atoms with Crippen LogP contribution in [0.2, 0.25) is 15.1 Å². The second-order valence-electron chi connectivity index (χ2n) is 16.3. The van der Waals surface area contributed by atoms with E-state index in [1.165, 1.54) is 51.1 Å². The van der Waals surface area contributed by atoms with Crippen molar-refractivity contribution in [2.75, 3.05) is 27.9 Å². The molecule has 1 fully saturated rings. The fourth-order valence-corrected chi connectivity index (χ4v) is 14.1. The van der Waals surface area contributed by atoms with Gasteiger partial charge >= 0.3 is 0 Å². The third-order valence-corrected chi connectivity index (χ3v) is 18.7. The van der Waals surface area contributed by atoms with Crippen LogP contribution < -0.4 is 14.8 Å². The molecule has 74 heavy (non-hydrogen) atoms. The largest absolute Gasteiger partial charge is 0.441 e. The van der Waals surface area contributed by atoms with Gasteiger partial charge in [0.25, 0.3) is 29.1 Å². The fraction of sp³-hybridized carbons (Fsp3) is 0.180. The molecule has 5 aromatic carbocycles. The minimum absolute atomic E-state index is 0.0175. The molecule has 1 saturated heterocycles. The Kier molecular flexibility index (Phi) is 19.2. The number of halogens is 4. The van der Waals surface area contributed by atoms with Gasteiger partial charge in [0.15, 0.2) is 11.5 Å². The summed E-state index contributed by atoms with van der Waals surface area (Å²) in [6, 6.07) is 40.7. The highest BCUT2D eigenvalue weighted by Gasteiger charge is 2.38. The molecule has 1 aliphatic heterocycles. The van der Waals surface area contributed by atoms with E-state index in [4.69, 9.17) is 55.6 Å². The molecule has 4 heterocycles. The molecule has 390 valence electrons. The number of pyridine rings is 2. The van der Waals surface area contributed by atoms with E-state index in [9.17, 15) is 33.7 Å². The number of hydrogen-bond acceptors (Lipinski definition) is 13. The zero-order valence-electron chi connectivity index (χ0n) is 40.0. The summed E-state index contributed by atoms with van der Waals surface area (Å²) < 4.78 is 111. The number of nitrogens with two attached hydrogens (primary N) is 1. The van der Waals surface area contributed by atoms with E-state index in [0.717, 1.165) is 17.0 Å². The molecule has 0 saturated carbocycles. The lowest BCUT2D eigenvalue weighted by atomic mass is 10.1. The average Bonchev–Trinajstić information content (AvgIpc) is 3.72. The lowest BCUT2D eigenvalue weighted by molar-refractivity contribution is 0.320. The fourth-order valence-electron chi connectivity index (χ4n) is 7.38. The molecular formula is C50H49Cl4N7O9S4. The summed E-state index contributed by atoms with van der Waals surface area (Å²) in [6.07, 6.45) is 0.640. The highest BCUT2D eigenvalue weighted by Crippen LogP contribution is 2.35. The smallest absolute Gasteiger partial charge is 0.266 e. The quantitative estimate of drug-likeness (QED) is 0.121. The molecule has 0 radical (unpaired) electrons. The second kappa shape index (κ2) is 24.7. The standard InChI is InChI=1S/C26H26ClN3O5S2.C12H11ClN2O2S.C6H4Cl2O2S.C6H8N2/c1-18-6-5-7-21(16-18)30(37(33,34)26-9-4-3-8-23(26)27)20-12-14-29(15-13-20)36(31,32)22-10-11-24-25(17-22)35-19(2)28-24;1-9-5-4-8-12(14-9)15-18(16,17)11-7-3-2-6-10(11)13;7-5-3-1-2-4-6(5)11(8,9)10;1-5-3-2-4-6(7)8-5/h3-11,16-17,20H,12-15H2,1-2H3;2-8H,1H3,(H,14,15);1-4H;2-4H,1H3,(H2,7,8).